The maximum absolute atomic E-state index is 12.0. The molecule has 1 atom stereocenters. The minimum Gasteiger partial charge on any atom is -0.348 e. The van der Waals surface area contributed by atoms with E-state index in [-0.39, 0.29) is 5.91 Å². The third-order valence-corrected chi connectivity index (χ3v) is 5.23. The van der Waals surface area contributed by atoms with Gasteiger partial charge in [0.05, 0.1) is 12.2 Å². The second-order valence-electron chi connectivity index (χ2n) is 7.38. The lowest BCUT2D eigenvalue weighted by Gasteiger charge is -2.40. The van der Waals surface area contributed by atoms with Crippen molar-refractivity contribution < 1.29 is 4.79 Å². The first-order valence-corrected chi connectivity index (χ1v) is 8.61. The van der Waals surface area contributed by atoms with E-state index < -0.39 is 0 Å². The molecule has 1 aromatic rings. The fourth-order valence-corrected chi connectivity index (χ4v) is 3.99. The van der Waals surface area contributed by atoms with E-state index in [4.69, 9.17) is 0 Å². The fourth-order valence-electron chi connectivity index (χ4n) is 3.99. The van der Waals surface area contributed by atoms with Gasteiger partial charge in [0, 0.05) is 39.9 Å². The smallest absolute Gasteiger partial charge is 0.236 e. The zero-order valence-corrected chi connectivity index (χ0v) is 14.4. The Kier molecular flexibility index (Phi) is 4.97. The van der Waals surface area contributed by atoms with Crippen LogP contribution in [0.4, 0.5) is 0 Å². The number of likely N-dealkylation sites (N-methyl/N-ethyl adjacent to an activating group) is 1. The Hall–Kier alpha value is -1.46. The number of pyridine rings is 1. The van der Waals surface area contributed by atoms with Gasteiger partial charge in [0.1, 0.15) is 0 Å². The van der Waals surface area contributed by atoms with Crippen LogP contribution in [-0.2, 0) is 11.3 Å². The van der Waals surface area contributed by atoms with Crippen LogP contribution in [0.25, 0.3) is 0 Å². The highest BCUT2D eigenvalue weighted by Gasteiger charge is 2.41. The molecule has 126 valence electrons. The van der Waals surface area contributed by atoms with Gasteiger partial charge in [-0.15, -0.1) is 0 Å². The van der Waals surface area contributed by atoms with E-state index >= 15 is 0 Å². The average Bonchev–Trinajstić information content (AvgIpc) is 2.90. The predicted octanol–water partition coefficient (Wildman–Crippen LogP) is 1.46. The Labute approximate surface area is 139 Å². The maximum atomic E-state index is 12.0. The van der Waals surface area contributed by atoms with Crippen molar-refractivity contribution in [3.05, 3.63) is 30.1 Å². The molecular formula is C18H28N4O. The van der Waals surface area contributed by atoms with Crippen molar-refractivity contribution in [1.82, 2.24) is 19.7 Å². The van der Waals surface area contributed by atoms with Crippen molar-refractivity contribution in [1.29, 1.82) is 0 Å². The van der Waals surface area contributed by atoms with Gasteiger partial charge in [0.15, 0.2) is 0 Å². The number of amides is 1. The number of hydrogen-bond donors (Lipinski definition) is 0. The summed E-state index contributed by atoms with van der Waals surface area (Å²) in [5.41, 5.74) is 1.53. The lowest BCUT2D eigenvalue weighted by Crippen LogP contribution is -2.48. The molecule has 0 aliphatic carbocycles. The summed E-state index contributed by atoms with van der Waals surface area (Å²) in [5.74, 6) is 0.213. The molecule has 0 unspecified atom stereocenters. The molecule has 3 rings (SSSR count). The molecule has 2 saturated heterocycles. The molecular weight excluding hydrogens is 288 g/mol. The molecule has 5 heteroatoms. The molecule has 0 bridgehead atoms. The average molecular weight is 316 g/mol. The quantitative estimate of drug-likeness (QED) is 0.843. The minimum atomic E-state index is 0.213. The second-order valence-corrected chi connectivity index (χ2v) is 7.38. The van der Waals surface area contributed by atoms with Gasteiger partial charge in [0.2, 0.25) is 5.91 Å². The molecule has 1 aromatic heterocycles. The molecule has 1 amide bonds. The van der Waals surface area contributed by atoms with E-state index in [1.807, 2.05) is 26.4 Å². The molecule has 0 saturated carbocycles. The first-order valence-electron chi connectivity index (χ1n) is 8.61. The number of rotatable bonds is 4. The topological polar surface area (TPSA) is 39.7 Å². The lowest BCUT2D eigenvalue weighted by molar-refractivity contribution is -0.130. The van der Waals surface area contributed by atoms with Gasteiger partial charge in [-0.05, 0) is 49.9 Å². The molecule has 0 aromatic carbocycles. The Morgan fingerprint density at radius 3 is 2.78 bits per heavy atom. The van der Waals surface area contributed by atoms with Crippen molar-refractivity contribution in [2.45, 2.75) is 25.8 Å². The van der Waals surface area contributed by atoms with Crippen molar-refractivity contribution in [2.75, 3.05) is 46.8 Å². The maximum Gasteiger partial charge on any atom is 0.236 e. The molecule has 1 spiro atoms. The van der Waals surface area contributed by atoms with Crippen LogP contribution in [0.3, 0.4) is 0 Å². The Morgan fingerprint density at radius 2 is 2.04 bits per heavy atom. The van der Waals surface area contributed by atoms with E-state index in [1.165, 1.54) is 19.3 Å². The fraction of sp³-hybridized carbons (Fsp3) is 0.667. The van der Waals surface area contributed by atoms with E-state index in [0.29, 0.717) is 12.0 Å². The normalized spacial score (nSPS) is 25.8. The summed E-state index contributed by atoms with van der Waals surface area (Å²) in [6, 6.07) is 6.13. The molecule has 0 radical (unpaired) electrons. The van der Waals surface area contributed by atoms with Gasteiger partial charge in [-0.2, -0.15) is 0 Å². The first-order chi connectivity index (χ1) is 11.1. The first kappa shape index (κ1) is 16.4. The molecule has 2 aliphatic rings. The highest BCUT2D eigenvalue weighted by atomic mass is 16.2. The van der Waals surface area contributed by atoms with E-state index in [0.717, 1.165) is 38.4 Å². The number of nitrogens with zero attached hydrogens (tertiary/aromatic N) is 4. The van der Waals surface area contributed by atoms with E-state index in [2.05, 4.69) is 26.9 Å². The molecule has 2 fully saturated rings. The van der Waals surface area contributed by atoms with Crippen LogP contribution in [0.1, 0.15) is 25.0 Å². The molecule has 2 aliphatic heterocycles. The predicted molar refractivity (Wildman–Crippen MR) is 90.9 cm³/mol. The van der Waals surface area contributed by atoms with Crippen molar-refractivity contribution in [3.8, 4) is 0 Å². The summed E-state index contributed by atoms with van der Waals surface area (Å²) in [4.78, 5) is 23.0. The monoisotopic (exact) mass is 316 g/mol. The summed E-state index contributed by atoms with van der Waals surface area (Å²) < 4.78 is 0. The molecule has 5 nitrogen and oxygen atoms in total. The van der Waals surface area contributed by atoms with Crippen LogP contribution in [0.2, 0.25) is 0 Å². The summed E-state index contributed by atoms with van der Waals surface area (Å²) in [6.45, 7) is 5.91. The number of likely N-dealkylation sites (tertiary alicyclic amines) is 2. The van der Waals surface area contributed by atoms with Crippen LogP contribution in [0, 0.1) is 5.41 Å². The summed E-state index contributed by atoms with van der Waals surface area (Å²) in [7, 11) is 3.68. The van der Waals surface area contributed by atoms with Crippen LogP contribution >= 0.6 is 0 Å². The third-order valence-electron chi connectivity index (χ3n) is 5.23. The van der Waals surface area contributed by atoms with Gasteiger partial charge in [-0.1, -0.05) is 6.07 Å². The van der Waals surface area contributed by atoms with Gasteiger partial charge < -0.3 is 4.90 Å². The van der Waals surface area contributed by atoms with Crippen LogP contribution in [0.15, 0.2) is 24.4 Å². The number of carbonyl (C=O) groups excluding carboxylic acids is 1. The van der Waals surface area contributed by atoms with E-state index in [1.54, 1.807) is 4.90 Å². The van der Waals surface area contributed by atoms with Crippen LogP contribution < -0.4 is 0 Å². The summed E-state index contributed by atoms with van der Waals surface area (Å²) in [5, 5.41) is 0. The number of hydrogen-bond acceptors (Lipinski definition) is 4. The second kappa shape index (κ2) is 6.97. The van der Waals surface area contributed by atoms with Gasteiger partial charge >= 0.3 is 0 Å². The molecule has 3 heterocycles. The lowest BCUT2D eigenvalue weighted by atomic mass is 9.79. The van der Waals surface area contributed by atoms with Gasteiger partial charge in [-0.3, -0.25) is 19.6 Å². The summed E-state index contributed by atoms with van der Waals surface area (Å²) >= 11 is 0. The number of piperidine rings is 1. The third kappa shape index (κ3) is 4.09. The van der Waals surface area contributed by atoms with Gasteiger partial charge in [-0.25, -0.2) is 0 Å². The van der Waals surface area contributed by atoms with E-state index in [9.17, 15) is 4.79 Å². The number of aromatic nitrogens is 1. The Bertz CT molecular complexity index is 533. The highest BCUT2D eigenvalue weighted by molar-refractivity contribution is 5.77. The van der Waals surface area contributed by atoms with Crippen LogP contribution in [0.5, 0.6) is 0 Å². The van der Waals surface area contributed by atoms with Crippen molar-refractivity contribution >= 4 is 5.91 Å². The van der Waals surface area contributed by atoms with Crippen molar-refractivity contribution in [2.24, 2.45) is 5.41 Å². The largest absolute Gasteiger partial charge is 0.348 e. The Morgan fingerprint density at radius 1 is 1.22 bits per heavy atom. The highest BCUT2D eigenvalue weighted by Crippen LogP contribution is 2.39. The Balaban J connectivity index is 1.56. The number of carbonyl (C=O) groups is 1. The molecule has 23 heavy (non-hydrogen) atoms. The van der Waals surface area contributed by atoms with Crippen molar-refractivity contribution in [3.63, 3.8) is 0 Å². The summed E-state index contributed by atoms with van der Waals surface area (Å²) in [6.07, 6.45) is 5.61. The zero-order chi connectivity index (χ0) is 16.3. The zero-order valence-electron chi connectivity index (χ0n) is 14.4. The van der Waals surface area contributed by atoms with Gasteiger partial charge in [0.25, 0.3) is 0 Å². The van der Waals surface area contributed by atoms with Crippen LogP contribution in [-0.4, -0.2) is 72.4 Å². The SMILES string of the molecule is CN(C)C(=O)CN1CCC[C@]2(CCN(Cc3ccccn3)C2)C1. The minimum absolute atomic E-state index is 0.213. The molecule has 0 N–H and O–H groups in total. The standard InChI is InChI=1S/C18H28N4O/c1-20(2)17(23)13-21-10-5-7-18(14-21)8-11-22(15-18)12-16-6-3-4-9-19-16/h3-4,6,9H,5,7-8,10-15H2,1-2H3/t18-/m0/s1.